The van der Waals surface area contributed by atoms with Gasteiger partial charge in [0.05, 0.1) is 0 Å². The Morgan fingerprint density at radius 1 is 1.13 bits per heavy atom. The van der Waals surface area contributed by atoms with Crippen LogP contribution in [0.25, 0.3) is 11.1 Å². The van der Waals surface area contributed by atoms with Gasteiger partial charge in [-0.25, -0.2) is 0 Å². The van der Waals surface area contributed by atoms with Gasteiger partial charge in [-0.05, 0) is 45.9 Å². The molecule has 1 heterocycles. The highest BCUT2D eigenvalue weighted by Crippen LogP contribution is 2.23. The van der Waals surface area contributed by atoms with Crippen LogP contribution in [0.15, 0.2) is 41.1 Å². The average Bonchev–Trinajstić information content (AvgIpc) is 2.69. The third kappa shape index (κ3) is 2.69. The molecule has 0 unspecified atom stereocenters. The van der Waals surface area contributed by atoms with Crippen LogP contribution in [-0.2, 0) is 6.42 Å². The summed E-state index contributed by atoms with van der Waals surface area (Å²) < 4.78 is 0. The molecule has 0 N–H and O–H groups in total. The lowest BCUT2D eigenvalue weighted by Crippen LogP contribution is -1.93. The summed E-state index contributed by atoms with van der Waals surface area (Å²) in [6.45, 7) is 4.52. The summed E-state index contributed by atoms with van der Waals surface area (Å²) in [6.07, 6.45) is 1.16. The Labute approximate surface area is 95.6 Å². The SMILES string of the molecule is CC(C)Cc1cccc(-c2ccsc2)c1. The van der Waals surface area contributed by atoms with Gasteiger partial charge in [-0.2, -0.15) is 11.3 Å². The maximum absolute atomic E-state index is 2.31. The van der Waals surface area contributed by atoms with Gasteiger partial charge in [-0.1, -0.05) is 38.1 Å². The van der Waals surface area contributed by atoms with Crippen LogP contribution in [-0.4, -0.2) is 0 Å². The average molecular weight is 216 g/mol. The third-order valence-electron chi connectivity index (χ3n) is 2.43. The molecule has 0 saturated heterocycles. The zero-order chi connectivity index (χ0) is 10.7. The molecule has 1 aromatic carbocycles. The van der Waals surface area contributed by atoms with Crippen LogP contribution in [0.5, 0.6) is 0 Å². The van der Waals surface area contributed by atoms with E-state index < -0.39 is 0 Å². The standard InChI is InChI=1S/C14H16S/c1-11(2)8-12-4-3-5-13(9-12)14-6-7-15-10-14/h3-7,9-11H,8H2,1-2H3. The van der Waals surface area contributed by atoms with E-state index in [9.17, 15) is 0 Å². The maximum Gasteiger partial charge on any atom is -0.00147 e. The molecule has 0 radical (unpaired) electrons. The lowest BCUT2D eigenvalue weighted by Gasteiger charge is -2.06. The van der Waals surface area contributed by atoms with E-state index in [4.69, 9.17) is 0 Å². The predicted molar refractivity (Wildman–Crippen MR) is 68.3 cm³/mol. The zero-order valence-electron chi connectivity index (χ0n) is 9.23. The summed E-state index contributed by atoms with van der Waals surface area (Å²) in [7, 11) is 0. The fourth-order valence-electron chi connectivity index (χ4n) is 1.78. The molecule has 1 heteroatoms. The second kappa shape index (κ2) is 4.63. The first-order chi connectivity index (χ1) is 7.25. The van der Waals surface area contributed by atoms with Gasteiger partial charge in [0, 0.05) is 0 Å². The number of hydrogen-bond acceptors (Lipinski definition) is 1. The fourth-order valence-corrected chi connectivity index (χ4v) is 2.44. The van der Waals surface area contributed by atoms with E-state index in [-0.39, 0.29) is 0 Å². The van der Waals surface area contributed by atoms with Crippen LogP contribution in [0, 0.1) is 5.92 Å². The monoisotopic (exact) mass is 216 g/mol. The molecule has 0 aliphatic heterocycles. The molecule has 0 aliphatic rings. The van der Waals surface area contributed by atoms with Gasteiger partial charge in [0.2, 0.25) is 0 Å². The molecule has 2 aromatic rings. The highest BCUT2D eigenvalue weighted by Gasteiger charge is 2.01. The Morgan fingerprint density at radius 3 is 2.67 bits per heavy atom. The Morgan fingerprint density at radius 2 is 2.00 bits per heavy atom. The summed E-state index contributed by atoms with van der Waals surface area (Å²) >= 11 is 1.75. The highest BCUT2D eigenvalue weighted by atomic mass is 32.1. The molecule has 0 bridgehead atoms. The van der Waals surface area contributed by atoms with Gasteiger partial charge >= 0.3 is 0 Å². The second-order valence-electron chi connectivity index (χ2n) is 4.31. The van der Waals surface area contributed by atoms with E-state index >= 15 is 0 Å². The second-order valence-corrected chi connectivity index (χ2v) is 5.09. The Kier molecular flexibility index (Phi) is 3.22. The lowest BCUT2D eigenvalue weighted by atomic mass is 9.99. The van der Waals surface area contributed by atoms with Crippen LogP contribution in [0.1, 0.15) is 19.4 Å². The van der Waals surface area contributed by atoms with Crippen molar-refractivity contribution in [2.45, 2.75) is 20.3 Å². The van der Waals surface area contributed by atoms with Gasteiger partial charge < -0.3 is 0 Å². The van der Waals surface area contributed by atoms with Gasteiger partial charge in [-0.3, -0.25) is 0 Å². The van der Waals surface area contributed by atoms with E-state index in [1.807, 2.05) is 0 Å². The van der Waals surface area contributed by atoms with E-state index in [0.717, 1.165) is 12.3 Å². The quantitative estimate of drug-likeness (QED) is 0.702. The first-order valence-electron chi connectivity index (χ1n) is 5.37. The molecule has 0 amide bonds. The molecular weight excluding hydrogens is 200 g/mol. The fraction of sp³-hybridized carbons (Fsp3) is 0.286. The highest BCUT2D eigenvalue weighted by molar-refractivity contribution is 7.08. The molecule has 0 spiro atoms. The molecule has 78 valence electrons. The summed E-state index contributed by atoms with van der Waals surface area (Å²) in [5.41, 5.74) is 4.12. The lowest BCUT2D eigenvalue weighted by molar-refractivity contribution is 0.647. The van der Waals surface area contributed by atoms with Crippen molar-refractivity contribution in [3.63, 3.8) is 0 Å². The minimum Gasteiger partial charge on any atom is -0.152 e. The minimum absolute atomic E-state index is 0.725. The van der Waals surface area contributed by atoms with Crippen LogP contribution in [0.3, 0.4) is 0 Å². The Bertz CT molecular complexity index is 413. The van der Waals surface area contributed by atoms with Crippen molar-refractivity contribution < 1.29 is 0 Å². The molecular formula is C14H16S. The molecule has 2 rings (SSSR count). The number of hydrogen-bond donors (Lipinski definition) is 0. The summed E-state index contributed by atoms with van der Waals surface area (Å²) in [5.74, 6) is 0.725. The number of rotatable bonds is 3. The van der Waals surface area contributed by atoms with Crippen molar-refractivity contribution in [1.82, 2.24) is 0 Å². The van der Waals surface area contributed by atoms with Crippen LogP contribution < -0.4 is 0 Å². The van der Waals surface area contributed by atoms with Gasteiger partial charge in [0.15, 0.2) is 0 Å². The van der Waals surface area contributed by atoms with Gasteiger partial charge in [0.1, 0.15) is 0 Å². The van der Waals surface area contributed by atoms with Crippen molar-refractivity contribution in [3.05, 3.63) is 46.7 Å². The number of thiophene rings is 1. The minimum atomic E-state index is 0.725. The van der Waals surface area contributed by atoms with Crippen molar-refractivity contribution >= 4 is 11.3 Å². The smallest absolute Gasteiger partial charge is 0.00147 e. The normalized spacial score (nSPS) is 10.9. The van der Waals surface area contributed by atoms with Crippen LogP contribution >= 0.6 is 11.3 Å². The predicted octanol–water partition coefficient (Wildman–Crippen LogP) is 4.61. The van der Waals surface area contributed by atoms with E-state index in [2.05, 4.69) is 54.9 Å². The third-order valence-corrected chi connectivity index (χ3v) is 3.11. The van der Waals surface area contributed by atoms with E-state index in [1.54, 1.807) is 11.3 Å². The molecule has 1 aromatic heterocycles. The molecule has 15 heavy (non-hydrogen) atoms. The first-order valence-corrected chi connectivity index (χ1v) is 6.31. The molecule has 0 atom stereocenters. The van der Waals surface area contributed by atoms with Crippen molar-refractivity contribution in [2.24, 2.45) is 5.92 Å². The molecule has 0 fully saturated rings. The summed E-state index contributed by atoms with van der Waals surface area (Å²) in [5, 5.41) is 4.33. The van der Waals surface area contributed by atoms with Crippen molar-refractivity contribution in [3.8, 4) is 11.1 Å². The van der Waals surface area contributed by atoms with Gasteiger partial charge in [-0.15, -0.1) is 0 Å². The zero-order valence-corrected chi connectivity index (χ0v) is 10.1. The first kappa shape index (κ1) is 10.4. The summed E-state index contributed by atoms with van der Waals surface area (Å²) in [6, 6.07) is 11.0. The maximum atomic E-state index is 2.31. The Hall–Kier alpha value is -1.08. The molecule has 0 saturated carbocycles. The van der Waals surface area contributed by atoms with Crippen molar-refractivity contribution in [1.29, 1.82) is 0 Å². The molecule has 0 nitrogen and oxygen atoms in total. The van der Waals surface area contributed by atoms with Crippen LogP contribution in [0.4, 0.5) is 0 Å². The van der Waals surface area contributed by atoms with E-state index in [0.29, 0.717) is 0 Å². The topological polar surface area (TPSA) is 0 Å². The van der Waals surface area contributed by atoms with Crippen molar-refractivity contribution in [2.75, 3.05) is 0 Å². The largest absolute Gasteiger partial charge is 0.152 e. The summed E-state index contributed by atoms with van der Waals surface area (Å²) in [4.78, 5) is 0. The molecule has 0 aliphatic carbocycles. The Balaban J connectivity index is 2.27. The number of benzene rings is 1. The van der Waals surface area contributed by atoms with Crippen LogP contribution in [0.2, 0.25) is 0 Å². The van der Waals surface area contributed by atoms with Gasteiger partial charge in [0.25, 0.3) is 0 Å². The van der Waals surface area contributed by atoms with E-state index in [1.165, 1.54) is 16.7 Å².